The number of hydrogen-bond acceptors (Lipinski definition) is 2. The van der Waals surface area contributed by atoms with Crippen LogP contribution in [0.4, 0.5) is 0 Å². The minimum atomic E-state index is -0.205. The molecule has 0 amide bonds. The van der Waals surface area contributed by atoms with Crippen molar-refractivity contribution in [2.24, 2.45) is 5.41 Å². The summed E-state index contributed by atoms with van der Waals surface area (Å²) >= 11 is 0. The second kappa shape index (κ2) is 4.20. The van der Waals surface area contributed by atoms with Gasteiger partial charge in [0.05, 0.1) is 0 Å². The first-order valence-corrected chi connectivity index (χ1v) is 3.38. The van der Waals surface area contributed by atoms with Crippen molar-refractivity contribution in [2.75, 3.05) is 0 Å². The predicted molar refractivity (Wildman–Crippen MR) is 39.0 cm³/mol. The Morgan fingerprint density at radius 2 is 1.60 bits per heavy atom. The van der Waals surface area contributed by atoms with Crippen molar-refractivity contribution in [2.45, 2.75) is 33.1 Å². The van der Waals surface area contributed by atoms with Crippen LogP contribution in [0, 0.1) is 5.41 Å². The van der Waals surface area contributed by atoms with Gasteiger partial charge < -0.3 is 0 Å². The highest BCUT2D eigenvalue weighted by Crippen LogP contribution is 2.27. The van der Waals surface area contributed by atoms with Gasteiger partial charge in [0.15, 0.2) is 12.6 Å². The fraction of sp³-hybridized carbons (Fsp3) is 0.750. The van der Waals surface area contributed by atoms with Gasteiger partial charge in [-0.05, 0) is 11.8 Å². The quantitative estimate of drug-likeness (QED) is 0.578. The van der Waals surface area contributed by atoms with Crippen molar-refractivity contribution in [1.29, 1.82) is 0 Å². The lowest BCUT2D eigenvalue weighted by Gasteiger charge is -2.21. The monoisotopic (exact) mass is 140 g/mol. The molecule has 0 aromatic rings. The van der Waals surface area contributed by atoms with Gasteiger partial charge in [-0.2, -0.15) is 0 Å². The maximum absolute atomic E-state index is 10.00. The standard InChI is InChI=1S/C8H12O2/c1-3-8(2,4-6-9)5-7-10/h3-5H2,1-2H3. The molecule has 0 aromatic heterocycles. The summed E-state index contributed by atoms with van der Waals surface area (Å²) in [6.07, 6.45) is 5.11. The Bertz CT molecular complexity index is 108. The average molecular weight is 140 g/mol. The second-order valence-electron chi connectivity index (χ2n) is 2.81. The van der Waals surface area contributed by atoms with Crippen LogP contribution in [0.5, 0.6) is 0 Å². The van der Waals surface area contributed by atoms with Crippen molar-refractivity contribution < 1.29 is 9.59 Å². The maximum atomic E-state index is 10.00. The number of carbonyl (C=O) groups excluding carboxylic acids is 2. The Kier molecular flexibility index (Phi) is 3.93. The Hall–Kier alpha value is -0.660. The molecule has 0 unspecified atom stereocenters. The number of hydrogen-bond donors (Lipinski definition) is 0. The molecule has 2 heteroatoms. The van der Waals surface area contributed by atoms with E-state index in [1.54, 1.807) is 0 Å². The van der Waals surface area contributed by atoms with E-state index in [2.05, 4.69) is 0 Å². The Morgan fingerprint density at radius 1 is 1.20 bits per heavy atom. The lowest BCUT2D eigenvalue weighted by molar-refractivity contribution is 0.327. The summed E-state index contributed by atoms with van der Waals surface area (Å²) in [7, 11) is 0. The largest absolute Gasteiger partial charge is 0.291 e. The second-order valence-corrected chi connectivity index (χ2v) is 2.81. The molecular formula is C8H12O2. The zero-order valence-electron chi connectivity index (χ0n) is 6.44. The van der Waals surface area contributed by atoms with Gasteiger partial charge in [0.25, 0.3) is 0 Å². The first-order chi connectivity index (χ1) is 4.68. The fourth-order valence-corrected chi connectivity index (χ4v) is 0.661. The van der Waals surface area contributed by atoms with Gasteiger partial charge >= 0.3 is 0 Å². The molecule has 0 saturated carbocycles. The molecule has 0 rings (SSSR count). The van der Waals surface area contributed by atoms with Crippen LogP contribution < -0.4 is 0 Å². The lowest BCUT2D eigenvalue weighted by Crippen LogP contribution is -2.15. The van der Waals surface area contributed by atoms with Crippen molar-refractivity contribution >= 4 is 12.6 Å². The zero-order valence-corrected chi connectivity index (χ0v) is 6.44. The first kappa shape index (κ1) is 9.34. The van der Waals surface area contributed by atoms with Crippen LogP contribution in [0.25, 0.3) is 0 Å². The Balaban J connectivity index is 3.92. The summed E-state index contributed by atoms with van der Waals surface area (Å²) in [5, 5.41) is 0. The molecule has 56 valence electrons. The molecule has 0 aliphatic heterocycles. The summed E-state index contributed by atoms with van der Waals surface area (Å²) < 4.78 is 0. The summed E-state index contributed by atoms with van der Waals surface area (Å²) in [5.41, 5.74) is -0.205. The van der Waals surface area contributed by atoms with Crippen LogP contribution in [0.1, 0.15) is 33.1 Å². The average Bonchev–Trinajstić information content (AvgIpc) is 1.89. The van der Waals surface area contributed by atoms with Crippen molar-refractivity contribution in [3.8, 4) is 0 Å². The highest BCUT2D eigenvalue weighted by Gasteiger charge is 2.21. The molecule has 0 bridgehead atoms. The molecule has 2 nitrogen and oxygen atoms in total. The summed E-state index contributed by atoms with van der Waals surface area (Å²) in [6.45, 7) is 3.84. The molecule has 0 aliphatic rings. The predicted octanol–water partition coefficient (Wildman–Crippen LogP) is 1.40. The third-order valence-corrected chi connectivity index (χ3v) is 1.85. The molecule has 2 radical (unpaired) electrons. The van der Waals surface area contributed by atoms with Gasteiger partial charge in [0.1, 0.15) is 0 Å². The van der Waals surface area contributed by atoms with Crippen molar-refractivity contribution in [3.63, 3.8) is 0 Å². The molecule has 0 aromatic carbocycles. The summed E-state index contributed by atoms with van der Waals surface area (Å²) in [4.78, 5) is 20.0. The van der Waals surface area contributed by atoms with E-state index in [0.29, 0.717) is 12.8 Å². The Labute approximate surface area is 61.6 Å². The molecule has 0 fully saturated rings. The molecule has 0 spiro atoms. The van der Waals surface area contributed by atoms with E-state index in [1.165, 1.54) is 0 Å². The minimum Gasteiger partial charge on any atom is -0.291 e. The first-order valence-electron chi connectivity index (χ1n) is 3.38. The van der Waals surface area contributed by atoms with E-state index in [1.807, 2.05) is 26.4 Å². The molecule has 10 heavy (non-hydrogen) atoms. The molecular weight excluding hydrogens is 128 g/mol. The van der Waals surface area contributed by atoms with Gasteiger partial charge in [0, 0.05) is 12.8 Å². The van der Waals surface area contributed by atoms with Crippen molar-refractivity contribution in [3.05, 3.63) is 0 Å². The maximum Gasteiger partial charge on any atom is 0.198 e. The van der Waals surface area contributed by atoms with E-state index in [-0.39, 0.29) is 5.41 Å². The van der Waals surface area contributed by atoms with Gasteiger partial charge in [-0.15, -0.1) is 0 Å². The molecule has 0 heterocycles. The summed E-state index contributed by atoms with van der Waals surface area (Å²) in [5.74, 6) is 0. The van der Waals surface area contributed by atoms with Gasteiger partial charge in [-0.1, -0.05) is 13.8 Å². The van der Waals surface area contributed by atoms with Crippen LogP contribution in [0.2, 0.25) is 0 Å². The van der Waals surface area contributed by atoms with Gasteiger partial charge in [-0.3, -0.25) is 9.59 Å². The van der Waals surface area contributed by atoms with E-state index >= 15 is 0 Å². The smallest absolute Gasteiger partial charge is 0.198 e. The highest BCUT2D eigenvalue weighted by molar-refractivity contribution is 5.56. The van der Waals surface area contributed by atoms with Gasteiger partial charge in [0.2, 0.25) is 0 Å². The molecule has 0 atom stereocenters. The van der Waals surface area contributed by atoms with E-state index in [9.17, 15) is 9.59 Å². The minimum absolute atomic E-state index is 0.205. The van der Waals surface area contributed by atoms with Gasteiger partial charge in [-0.25, -0.2) is 0 Å². The third-order valence-electron chi connectivity index (χ3n) is 1.85. The topological polar surface area (TPSA) is 34.1 Å². The zero-order chi connectivity index (χ0) is 8.04. The van der Waals surface area contributed by atoms with Crippen LogP contribution in [-0.2, 0) is 9.59 Å². The van der Waals surface area contributed by atoms with E-state index < -0.39 is 0 Å². The lowest BCUT2D eigenvalue weighted by atomic mass is 9.82. The SMILES string of the molecule is CCC(C)(C[C]=O)C[C]=O. The van der Waals surface area contributed by atoms with E-state index in [0.717, 1.165) is 6.42 Å². The fourth-order valence-electron chi connectivity index (χ4n) is 0.661. The third kappa shape index (κ3) is 2.76. The number of rotatable bonds is 5. The molecule has 0 N–H and O–H groups in total. The molecule has 0 saturated heterocycles. The van der Waals surface area contributed by atoms with Crippen LogP contribution in [0.15, 0.2) is 0 Å². The van der Waals surface area contributed by atoms with Crippen LogP contribution in [0.3, 0.4) is 0 Å². The summed E-state index contributed by atoms with van der Waals surface area (Å²) in [6, 6.07) is 0. The van der Waals surface area contributed by atoms with E-state index in [4.69, 9.17) is 0 Å². The molecule has 0 aliphatic carbocycles. The van der Waals surface area contributed by atoms with Crippen LogP contribution >= 0.6 is 0 Å². The highest BCUT2D eigenvalue weighted by atomic mass is 16.1. The Morgan fingerprint density at radius 3 is 1.80 bits per heavy atom. The normalized spacial score (nSPS) is 11.0. The van der Waals surface area contributed by atoms with Crippen molar-refractivity contribution in [1.82, 2.24) is 0 Å². The van der Waals surface area contributed by atoms with Crippen LogP contribution in [-0.4, -0.2) is 12.6 Å².